The molecule has 0 saturated heterocycles. The molecule has 0 saturated carbocycles. The molecule has 0 atom stereocenters. The summed E-state index contributed by atoms with van der Waals surface area (Å²) in [4.78, 5) is 27.5. The monoisotopic (exact) mass is 303 g/mol. The molecular formula is C15H14ClN3O2. The van der Waals surface area contributed by atoms with E-state index < -0.39 is 0 Å². The van der Waals surface area contributed by atoms with Gasteiger partial charge in [-0.1, -0.05) is 29.8 Å². The number of rotatable bonds is 4. The number of hydrogen-bond acceptors (Lipinski definition) is 3. The van der Waals surface area contributed by atoms with E-state index in [0.29, 0.717) is 11.3 Å². The SMILES string of the molecule is Cc1cnc(Cl)c(NC(=O)CNC(=O)c2ccccc2)c1. The van der Waals surface area contributed by atoms with Crippen molar-refractivity contribution in [1.29, 1.82) is 0 Å². The average Bonchev–Trinajstić information content (AvgIpc) is 2.49. The number of nitrogens with one attached hydrogen (secondary N) is 2. The topological polar surface area (TPSA) is 71.1 Å². The smallest absolute Gasteiger partial charge is 0.251 e. The lowest BCUT2D eigenvalue weighted by atomic mass is 10.2. The first-order chi connectivity index (χ1) is 10.1. The molecule has 5 nitrogen and oxygen atoms in total. The van der Waals surface area contributed by atoms with Crippen LogP contribution in [-0.2, 0) is 4.79 Å². The summed E-state index contributed by atoms with van der Waals surface area (Å²) in [5, 5.41) is 5.36. The Bertz CT molecular complexity index is 659. The maximum Gasteiger partial charge on any atom is 0.251 e. The quantitative estimate of drug-likeness (QED) is 0.852. The number of aromatic nitrogens is 1. The van der Waals surface area contributed by atoms with Crippen molar-refractivity contribution in [3.8, 4) is 0 Å². The first-order valence-electron chi connectivity index (χ1n) is 6.31. The Morgan fingerprint density at radius 2 is 1.95 bits per heavy atom. The van der Waals surface area contributed by atoms with Crippen molar-refractivity contribution in [1.82, 2.24) is 10.3 Å². The van der Waals surface area contributed by atoms with Gasteiger partial charge in [-0.15, -0.1) is 0 Å². The minimum atomic E-state index is -0.367. The van der Waals surface area contributed by atoms with E-state index in [-0.39, 0.29) is 23.5 Å². The number of anilines is 1. The fourth-order valence-electron chi connectivity index (χ4n) is 1.69. The zero-order valence-corrected chi connectivity index (χ0v) is 12.1. The highest BCUT2D eigenvalue weighted by Crippen LogP contribution is 2.19. The lowest BCUT2D eigenvalue weighted by molar-refractivity contribution is -0.115. The van der Waals surface area contributed by atoms with E-state index in [1.54, 1.807) is 36.5 Å². The van der Waals surface area contributed by atoms with Crippen LogP contribution in [0.25, 0.3) is 0 Å². The molecule has 1 aromatic heterocycles. The van der Waals surface area contributed by atoms with Gasteiger partial charge in [0.05, 0.1) is 12.2 Å². The number of carbonyl (C=O) groups excluding carboxylic acids is 2. The second-order valence-electron chi connectivity index (χ2n) is 4.45. The van der Waals surface area contributed by atoms with Crippen LogP contribution in [0.1, 0.15) is 15.9 Å². The van der Waals surface area contributed by atoms with Crippen LogP contribution < -0.4 is 10.6 Å². The number of nitrogens with zero attached hydrogens (tertiary/aromatic N) is 1. The normalized spacial score (nSPS) is 10.0. The highest BCUT2D eigenvalue weighted by atomic mass is 35.5. The highest BCUT2D eigenvalue weighted by Gasteiger charge is 2.09. The molecule has 0 radical (unpaired) electrons. The third kappa shape index (κ3) is 4.29. The molecule has 2 aromatic rings. The lowest BCUT2D eigenvalue weighted by Crippen LogP contribution is -2.32. The van der Waals surface area contributed by atoms with Crippen molar-refractivity contribution in [3.63, 3.8) is 0 Å². The molecule has 1 aromatic carbocycles. The van der Waals surface area contributed by atoms with E-state index >= 15 is 0 Å². The molecule has 0 aliphatic rings. The summed E-state index contributed by atoms with van der Waals surface area (Å²) in [6.45, 7) is 1.70. The van der Waals surface area contributed by atoms with E-state index in [1.807, 2.05) is 13.0 Å². The van der Waals surface area contributed by atoms with Crippen molar-refractivity contribution >= 4 is 29.1 Å². The molecule has 1 heterocycles. The zero-order valence-electron chi connectivity index (χ0n) is 11.4. The summed E-state index contributed by atoms with van der Waals surface area (Å²) < 4.78 is 0. The van der Waals surface area contributed by atoms with E-state index in [9.17, 15) is 9.59 Å². The van der Waals surface area contributed by atoms with Gasteiger partial charge < -0.3 is 10.6 Å². The minimum absolute atomic E-state index is 0.141. The number of carbonyl (C=O) groups is 2. The molecule has 0 bridgehead atoms. The van der Waals surface area contributed by atoms with Crippen LogP contribution >= 0.6 is 11.6 Å². The average molecular weight is 304 g/mol. The number of hydrogen-bond donors (Lipinski definition) is 2. The fourth-order valence-corrected chi connectivity index (χ4v) is 1.84. The number of halogens is 1. The predicted molar refractivity (Wildman–Crippen MR) is 81.4 cm³/mol. The Balaban J connectivity index is 1.91. The minimum Gasteiger partial charge on any atom is -0.343 e. The summed E-state index contributed by atoms with van der Waals surface area (Å²) >= 11 is 5.89. The van der Waals surface area contributed by atoms with Crippen molar-refractivity contribution < 1.29 is 9.59 Å². The van der Waals surface area contributed by atoms with Crippen molar-refractivity contribution in [2.24, 2.45) is 0 Å². The van der Waals surface area contributed by atoms with Gasteiger partial charge in [0, 0.05) is 11.8 Å². The molecule has 0 aliphatic carbocycles. The molecule has 2 rings (SSSR count). The Morgan fingerprint density at radius 3 is 2.67 bits per heavy atom. The molecule has 0 fully saturated rings. The Kier molecular flexibility index (Phi) is 4.90. The second kappa shape index (κ2) is 6.85. The second-order valence-corrected chi connectivity index (χ2v) is 4.81. The van der Waals surface area contributed by atoms with E-state index in [2.05, 4.69) is 15.6 Å². The van der Waals surface area contributed by atoms with Gasteiger partial charge >= 0.3 is 0 Å². The van der Waals surface area contributed by atoms with Gasteiger partial charge in [-0.3, -0.25) is 9.59 Å². The van der Waals surface area contributed by atoms with E-state index in [0.717, 1.165) is 5.56 Å². The van der Waals surface area contributed by atoms with E-state index in [1.165, 1.54) is 0 Å². The summed E-state index contributed by atoms with van der Waals surface area (Å²) in [6.07, 6.45) is 1.61. The first kappa shape index (κ1) is 15.0. The Hall–Kier alpha value is -2.40. The van der Waals surface area contributed by atoms with Crippen LogP contribution in [0.5, 0.6) is 0 Å². The number of pyridine rings is 1. The van der Waals surface area contributed by atoms with Gasteiger partial charge in [0.25, 0.3) is 5.91 Å². The van der Waals surface area contributed by atoms with Crippen molar-refractivity contribution in [2.75, 3.05) is 11.9 Å². The first-order valence-corrected chi connectivity index (χ1v) is 6.69. The maximum atomic E-state index is 11.8. The third-order valence-electron chi connectivity index (χ3n) is 2.70. The van der Waals surface area contributed by atoms with Gasteiger partial charge in [-0.25, -0.2) is 4.98 Å². The fraction of sp³-hybridized carbons (Fsp3) is 0.133. The molecule has 2 amide bonds. The van der Waals surface area contributed by atoms with Crippen LogP contribution in [0, 0.1) is 6.92 Å². The number of amides is 2. The van der Waals surface area contributed by atoms with Crippen molar-refractivity contribution in [3.05, 3.63) is 58.9 Å². The van der Waals surface area contributed by atoms with E-state index in [4.69, 9.17) is 11.6 Å². The van der Waals surface area contributed by atoms with Gasteiger partial charge in [-0.2, -0.15) is 0 Å². The lowest BCUT2D eigenvalue weighted by Gasteiger charge is -2.08. The van der Waals surface area contributed by atoms with Crippen LogP contribution in [0.15, 0.2) is 42.6 Å². The highest BCUT2D eigenvalue weighted by molar-refractivity contribution is 6.32. The molecule has 21 heavy (non-hydrogen) atoms. The van der Waals surface area contributed by atoms with Gasteiger partial charge in [0.1, 0.15) is 0 Å². The molecule has 0 unspecified atom stereocenters. The summed E-state index contributed by atoms with van der Waals surface area (Å²) in [5.74, 6) is -0.673. The molecule has 0 spiro atoms. The molecule has 108 valence electrons. The van der Waals surface area contributed by atoms with Crippen molar-refractivity contribution in [2.45, 2.75) is 6.92 Å². The molecular weight excluding hydrogens is 290 g/mol. The van der Waals surface area contributed by atoms with Gasteiger partial charge in [0.2, 0.25) is 5.91 Å². The van der Waals surface area contributed by atoms with Crippen LogP contribution in [0.4, 0.5) is 5.69 Å². The van der Waals surface area contributed by atoms with Crippen LogP contribution in [0.3, 0.4) is 0 Å². The summed E-state index contributed by atoms with van der Waals surface area (Å²) in [6, 6.07) is 10.4. The van der Waals surface area contributed by atoms with Gasteiger partial charge in [-0.05, 0) is 30.7 Å². The standard InChI is InChI=1S/C15H14ClN3O2/c1-10-7-12(14(16)17-8-10)19-13(20)9-18-15(21)11-5-3-2-4-6-11/h2-8H,9H2,1H3,(H,18,21)(H,19,20). The largest absolute Gasteiger partial charge is 0.343 e. The third-order valence-corrected chi connectivity index (χ3v) is 3.00. The summed E-state index contributed by atoms with van der Waals surface area (Å²) in [5.41, 5.74) is 1.80. The Morgan fingerprint density at radius 1 is 1.24 bits per heavy atom. The molecule has 6 heteroatoms. The van der Waals surface area contributed by atoms with Crippen LogP contribution in [0.2, 0.25) is 5.15 Å². The van der Waals surface area contributed by atoms with Gasteiger partial charge in [0.15, 0.2) is 5.15 Å². The maximum absolute atomic E-state index is 11.8. The van der Waals surface area contributed by atoms with Crippen LogP contribution in [-0.4, -0.2) is 23.3 Å². The predicted octanol–water partition coefficient (Wildman–Crippen LogP) is 2.41. The number of benzene rings is 1. The number of aryl methyl sites for hydroxylation is 1. The zero-order chi connectivity index (χ0) is 15.2. The Labute approximate surface area is 127 Å². The molecule has 2 N–H and O–H groups in total. The molecule has 0 aliphatic heterocycles. The summed E-state index contributed by atoms with van der Waals surface area (Å²) in [7, 11) is 0.